The van der Waals surface area contributed by atoms with Gasteiger partial charge in [0.1, 0.15) is 23.3 Å². The van der Waals surface area contributed by atoms with Crippen molar-refractivity contribution in [1.82, 2.24) is 4.90 Å². The normalized spacial score (nSPS) is 16.2. The van der Waals surface area contributed by atoms with Crippen molar-refractivity contribution >= 4 is 23.2 Å². The zero-order chi connectivity index (χ0) is 21.7. The lowest BCUT2D eigenvalue weighted by Gasteiger charge is -2.17. The second-order valence-corrected chi connectivity index (χ2v) is 7.48. The van der Waals surface area contributed by atoms with Crippen molar-refractivity contribution in [2.24, 2.45) is 5.92 Å². The summed E-state index contributed by atoms with van der Waals surface area (Å²) in [5.41, 5.74) is 0.659. The first-order chi connectivity index (χ1) is 14.3. The number of rotatable bonds is 8. The highest BCUT2D eigenvalue weighted by molar-refractivity contribution is 6.13. The Bertz CT molecular complexity index is 883. The predicted molar refractivity (Wildman–Crippen MR) is 111 cm³/mol. The van der Waals surface area contributed by atoms with E-state index >= 15 is 0 Å². The van der Waals surface area contributed by atoms with Gasteiger partial charge in [0, 0.05) is 30.5 Å². The second kappa shape index (κ2) is 9.67. The number of benzene rings is 2. The molecule has 1 atom stereocenters. The Morgan fingerprint density at radius 1 is 1.17 bits per heavy atom. The Morgan fingerprint density at radius 3 is 2.47 bits per heavy atom. The highest BCUT2D eigenvalue weighted by Crippen LogP contribution is 2.28. The van der Waals surface area contributed by atoms with Crippen LogP contribution in [0.4, 0.5) is 20.2 Å². The molecule has 0 spiro atoms. The van der Waals surface area contributed by atoms with Gasteiger partial charge in [-0.05, 0) is 63.3 Å². The van der Waals surface area contributed by atoms with Gasteiger partial charge in [0.2, 0.25) is 11.8 Å². The van der Waals surface area contributed by atoms with Crippen LogP contribution in [-0.2, 0) is 9.59 Å². The van der Waals surface area contributed by atoms with Crippen LogP contribution in [0.15, 0.2) is 42.5 Å². The van der Waals surface area contributed by atoms with E-state index in [0.717, 1.165) is 31.2 Å². The Balaban J connectivity index is 1.55. The molecule has 1 N–H and O–H groups in total. The van der Waals surface area contributed by atoms with Gasteiger partial charge in [-0.15, -0.1) is 0 Å². The molecule has 0 aromatic heterocycles. The van der Waals surface area contributed by atoms with E-state index in [0.29, 0.717) is 18.0 Å². The van der Waals surface area contributed by atoms with Crippen LogP contribution in [0.1, 0.15) is 12.8 Å². The first kappa shape index (κ1) is 21.7. The van der Waals surface area contributed by atoms with Crippen LogP contribution in [0.25, 0.3) is 0 Å². The summed E-state index contributed by atoms with van der Waals surface area (Å²) in [6.07, 6.45) is 1.18. The third-order valence-electron chi connectivity index (χ3n) is 4.82. The van der Waals surface area contributed by atoms with Gasteiger partial charge in [-0.2, -0.15) is 0 Å². The van der Waals surface area contributed by atoms with E-state index in [-0.39, 0.29) is 18.7 Å². The number of halogens is 2. The minimum absolute atomic E-state index is 0.114. The number of hydrogen-bond donors (Lipinski definition) is 1. The molecule has 1 heterocycles. The second-order valence-electron chi connectivity index (χ2n) is 7.48. The molecule has 8 heteroatoms. The molecule has 0 bridgehead atoms. The molecule has 1 saturated heterocycles. The maximum absolute atomic E-state index is 13.4. The van der Waals surface area contributed by atoms with E-state index in [1.807, 2.05) is 14.1 Å². The van der Waals surface area contributed by atoms with E-state index in [2.05, 4.69) is 10.2 Å². The summed E-state index contributed by atoms with van der Waals surface area (Å²) < 4.78 is 32.6. The largest absolute Gasteiger partial charge is 0.494 e. The molecule has 2 aromatic rings. The van der Waals surface area contributed by atoms with Crippen molar-refractivity contribution in [2.45, 2.75) is 12.8 Å². The van der Waals surface area contributed by atoms with Gasteiger partial charge < -0.3 is 19.9 Å². The average molecular weight is 417 g/mol. The molecule has 1 fully saturated rings. The third kappa shape index (κ3) is 5.54. The van der Waals surface area contributed by atoms with E-state index in [1.54, 1.807) is 24.3 Å². The lowest BCUT2D eigenvalue weighted by atomic mass is 10.1. The number of hydrogen-bond acceptors (Lipinski definition) is 4. The number of anilines is 2. The molecule has 2 amide bonds. The fourth-order valence-corrected chi connectivity index (χ4v) is 3.31. The van der Waals surface area contributed by atoms with Crippen LogP contribution in [0.2, 0.25) is 0 Å². The molecule has 1 unspecified atom stereocenters. The minimum Gasteiger partial charge on any atom is -0.494 e. The summed E-state index contributed by atoms with van der Waals surface area (Å²) in [4.78, 5) is 28.5. The Kier molecular flexibility index (Phi) is 6.99. The van der Waals surface area contributed by atoms with Gasteiger partial charge in [0.05, 0.1) is 6.61 Å². The average Bonchev–Trinajstić information content (AvgIpc) is 3.07. The lowest BCUT2D eigenvalue weighted by Crippen LogP contribution is -2.33. The van der Waals surface area contributed by atoms with Gasteiger partial charge >= 0.3 is 0 Å². The maximum atomic E-state index is 13.4. The summed E-state index contributed by atoms with van der Waals surface area (Å²) >= 11 is 0. The van der Waals surface area contributed by atoms with Crippen molar-refractivity contribution in [2.75, 3.05) is 44.0 Å². The minimum atomic E-state index is -0.904. The van der Waals surface area contributed by atoms with Gasteiger partial charge in [-0.3, -0.25) is 9.59 Å². The number of nitrogens with one attached hydrogen (secondary N) is 1. The van der Waals surface area contributed by atoms with Crippen LogP contribution in [0.5, 0.6) is 5.75 Å². The molecule has 6 nitrogen and oxygen atoms in total. The van der Waals surface area contributed by atoms with Crippen LogP contribution >= 0.6 is 0 Å². The van der Waals surface area contributed by atoms with Gasteiger partial charge in [-0.1, -0.05) is 0 Å². The zero-order valence-corrected chi connectivity index (χ0v) is 17.0. The number of carbonyl (C=O) groups is 2. The molecule has 1 aliphatic heterocycles. The number of ether oxygens (including phenoxy) is 1. The molecule has 0 radical (unpaired) electrons. The lowest BCUT2D eigenvalue weighted by molar-refractivity contribution is -0.129. The zero-order valence-electron chi connectivity index (χ0n) is 17.0. The van der Waals surface area contributed by atoms with E-state index in [1.165, 1.54) is 4.90 Å². The highest BCUT2D eigenvalue weighted by atomic mass is 19.1. The molecule has 3 rings (SSSR count). The molecule has 2 aromatic carbocycles. The van der Waals surface area contributed by atoms with Crippen molar-refractivity contribution in [3.63, 3.8) is 0 Å². The van der Waals surface area contributed by atoms with Crippen LogP contribution in [-0.4, -0.2) is 50.5 Å². The van der Waals surface area contributed by atoms with Crippen molar-refractivity contribution < 1.29 is 23.1 Å². The van der Waals surface area contributed by atoms with Gasteiger partial charge in [-0.25, -0.2) is 8.78 Å². The fourth-order valence-electron chi connectivity index (χ4n) is 3.31. The Labute approximate surface area is 174 Å². The standard InChI is InChI=1S/C22H25F2N3O3/c1-26(2)9-3-11-30-19-6-4-17(5-7-19)25-21(28)20-8-10-27(22(20)29)18-13-15(23)12-16(24)14-18/h4-7,12-14,20H,3,8-11H2,1-2H3,(H,25,28). The maximum Gasteiger partial charge on any atom is 0.239 e. The predicted octanol–water partition coefficient (Wildman–Crippen LogP) is 3.29. The molecule has 0 aliphatic carbocycles. The monoisotopic (exact) mass is 417 g/mol. The van der Waals surface area contributed by atoms with Crippen molar-refractivity contribution in [3.8, 4) is 5.75 Å². The Morgan fingerprint density at radius 2 is 1.83 bits per heavy atom. The van der Waals surface area contributed by atoms with E-state index in [4.69, 9.17) is 4.74 Å². The molecule has 1 aliphatic rings. The smallest absolute Gasteiger partial charge is 0.239 e. The molecule has 30 heavy (non-hydrogen) atoms. The molecular formula is C22H25F2N3O3. The number of nitrogens with zero attached hydrogens (tertiary/aromatic N) is 2. The van der Waals surface area contributed by atoms with Crippen LogP contribution in [0.3, 0.4) is 0 Å². The van der Waals surface area contributed by atoms with Crippen LogP contribution < -0.4 is 15.0 Å². The summed E-state index contributed by atoms with van der Waals surface area (Å²) in [5.74, 6) is -2.66. The van der Waals surface area contributed by atoms with Crippen LogP contribution in [0, 0.1) is 17.6 Å². The molecular weight excluding hydrogens is 392 g/mol. The Hall–Kier alpha value is -3.00. The highest BCUT2D eigenvalue weighted by Gasteiger charge is 2.37. The fraction of sp³-hybridized carbons (Fsp3) is 0.364. The first-order valence-corrected chi connectivity index (χ1v) is 9.79. The molecule has 0 saturated carbocycles. The molecule has 160 valence electrons. The first-order valence-electron chi connectivity index (χ1n) is 9.79. The number of amides is 2. The van der Waals surface area contributed by atoms with E-state index in [9.17, 15) is 18.4 Å². The quantitative estimate of drug-likeness (QED) is 0.529. The SMILES string of the molecule is CN(C)CCCOc1ccc(NC(=O)C2CCN(c3cc(F)cc(F)c3)C2=O)cc1. The summed E-state index contributed by atoms with van der Waals surface area (Å²) in [7, 11) is 4.00. The summed E-state index contributed by atoms with van der Waals surface area (Å²) in [6.45, 7) is 1.75. The third-order valence-corrected chi connectivity index (χ3v) is 4.82. The van der Waals surface area contributed by atoms with Crippen molar-refractivity contribution in [1.29, 1.82) is 0 Å². The van der Waals surface area contributed by atoms with Gasteiger partial charge in [0.15, 0.2) is 0 Å². The summed E-state index contributed by atoms with van der Waals surface area (Å²) in [5, 5.41) is 2.72. The topological polar surface area (TPSA) is 61.9 Å². The number of carbonyl (C=O) groups excluding carboxylic acids is 2. The van der Waals surface area contributed by atoms with E-state index < -0.39 is 29.4 Å². The van der Waals surface area contributed by atoms with Crippen molar-refractivity contribution in [3.05, 3.63) is 54.1 Å². The van der Waals surface area contributed by atoms with Gasteiger partial charge in [0.25, 0.3) is 0 Å². The summed E-state index contributed by atoms with van der Waals surface area (Å²) in [6, 6.07) is 9.82.